The van der Waals surface area contributed by atoms with Gasteiger partial charge in [0.05, 0.1) is 16.6 Å². The maximum Gasteiger partial charge on any atom is 0.410 e. The number of piperazine rings is 1. The molecule has 0 N–H and O–H groups in total. The Labute approximate surface area is 244 Å². The molecule has 2 aliphatic rings. The smallest absolute Gasteiger partial charge is 0.410 e. The molecule has 2 aliphatic heterocycles. The Morgan fingerprint density at radius 2 is 1.68 bits per heavy atom. The molecule has 13 heteroatoms. The summed E-state index contributed by atoms with van der Waals surface area (Å²) in [6.45, 7) is 8.36. The van der Waals surface area contributed by atoms with Gasteiger partial charge in [-0.3, -0.25) is 4.31 Å². The highest BCUT2D eigenvalue weighted by atomic mass is 35.5. The number of halogens is 3. The van der Waals surface area contributed by atoms with Crippen LogP contribution in [0.25, 0.3) is 0 Å². The Morgan fingerprint density at radius 1 is 1.00 bits per heavy atom. The van der Waals surface area contributed by atoms with Gasteiger partial charge in [-0.05, 0) is 76.9 Å². The predicted molar refractivity (Wildman–Crippen MR) is 151 cm³/mol. The van der Waals surface area contributed by atoms with Crippen LogP contribution in [0.1, 0.15) is 40.5 Å². The summed E-state index contributed by atoms with van der Waals surface area (Å²) < 4.78 is 63.4. The lowest BCUT2D eigenvalue weighted by Crippen LogP contribution is -2.61. The Kier molecular flexibility index (Phi) is 9.03. The second-order valence-corrected chi connectivity index (χ2v) is 13.6. The molecule has 2 saturated heterocycles. The molecular weight excluding hydrogens is 578 g/mol. The number of hydrogen-bond donors (Lipinski definition) is 0. The third kappa shape index (κ3) is 7.03. The molecule has 2 atom stereocenters. The first-order valence-electron chi connectivity index (χ1n) is 13.5. The number of ether oxygens (including phenoxy) is 1. The predicted octanol–water partition coefficient (Wildman–Crippen LogP) is 5.34. The lowest BCUT2D eigenvalue weighted by atomic mass is 10.0. The van der Waals surface area contributed by atoms with Gasteiger partial charge in [0.15, 0.2) is 0 Å². The van der Waals surface area contributed by atoms with Crippen LogP contribution in [0.3, 0.4) is 0 Å². The van der Waals surface area contributed by atoms with Crippen LogP contribution in [-0.4, -0.2) is 85.7 Å². The van der Waals surface area contributed by atoms with Crippen molar-refractivity contribution < 1.29 is 31.5 Å². The Bertz CT molecular complexity index is 1390. The van der Waals surface area contributed by atoms with Crippen LogP contribution in [0.4, 0.5) is 24.1 Å². The summed E-state index contributed by atoms with van der Waals surface area (Å²) in [6.07, 6.45) is 0.329. The van der Waals surface area contributed by atoms with E-state index in [1.165, 1.54) is 29.2 Å². The average Bonchev–Trinajstić information content (AvgIpc) is 2.89. The van der Waals surface area contributed by atoms with Crippen molar-refractivity contribution in [2.45, 2.75) is 63.1 Å². The van der Waals surface area contributed by atoms with Crippen LogP contribution in [0, 0.1) is 11.6 Å². The molecule has 2 aromatic carbocycles. The molecular formula is C28H35ClF2N4O5S. The summed E-state index contributed by atoms with van der Waals surface area (Å²) in [5.41, 5.74) is -1.08. The number of likely N-dealkylation sites (tertiary alicyclic amines) is 1. The molecule has 41 heavy (non-hydrogen) atoms. The number of carbonyl (C=O) groups excluding carboxylic acids is 2. The normalized spacial score (nSPS) is 20.1. The van der Waals surface area contributed by atoms with Crippen molar-refractivity contribution in [1.82, 2.24) is 14.7 Å². The van der Waals surface area contributed by atoms with Gasteiger partial charge in [-0.1, -0.05) is 11.6 Å². The number of urea groups is 1. The molecule has 4 rings (SSSR count). The number of anilines is 1. The lowest BCUT2D eigenvalue weighted by molar-refractivity contribution is 0.00797. The van der Waals surface area contributed by atoms with Gasteiger partial charge in [-0.2, -0.15) is 0 Å². The van der Waals surface area contributed by atoms with E-state index < -0.39 is 45.1 Å². The topological polar surface area (TPSA) is 90.5 Å². The summed E-state index contributed by atoms with van der Waals surface area (Å²) in [4.78, 5) is 30.8. The van der Waals surface area contributed by atoms with Crippen LogP contribution >= 0.6 is 11.6 Å². The molecule has 2 aromatic rings. The Hall–Kier alpha value is -3.12. The van der Waals surface area contributed by atoms with Gasteiger partial charge in [-0.15, -0.1) is 0 Å². The summed E-state index contributed by atoms with van der Waals surface area (Å²) in [5.74, 6) is -1.70. The van der Waals surface area contributed by atoms with Gasteiger partial charge in [0.25, 0.3) is 10.0 Å². The summed E-state index contributed by atoms with van der Waals surface area (Å²) in [5, 5.41) is 0.322. The van der Waals surface area contributed by atoms with E-state index in [1.54, 1.807) is 30.6 Å². The summed E-state index contributed by atoms with van der Waals surface area (Å²) in [7, 11) is -4.37. The highest BCUT2D eigenvalue weighted by Gasteiger charge is 2.40. The number of carbonyl (C=O) groups is 2. The number of hydrogen-bond acceptors (Lipinski definition) is 5. The number of nitrogens with zero attached hydrogens (tertiary/aromatic N) is 4. The Balaban J connectivity index is 1.57. The Morgan fingerprint density at radius 3 is 2.32 bits per heavy atom. The average molecular weight is 613 g/mol. The number of piperidine rings is 1. The molecule has 0 aromatic heterocycles. The van der Waals surface area contributed by atoms with Gasteiger partial charge in [0.1, 0.15) is 17.2 Å². The van der Waals surface area contributed by atoms with Crippen molar-refractivity contribution >= 4 is 39.4 Å². The molecule has 0 saturated carbocycles. The van der Waals surface area contributed by atoms with E-state index in [0.29, 0.717) is 24.4 Å². The van der Waals surface area contributed by atoms with Gasteiger partial charge >= 0.3 is 12.1 Å². The number of rotatable bonds is 4. The molecule has 2 fully saturated rings. The lowest BCUT2D eigenvalue weighted by Gasteiger charge is -2.45. The summed E-state index contributed by atoms with van der Waals surface area (Å²) in [6, 6.07) is 6.58. The van der Waals surface area contributed by atoms with Gasteiger partial charge < -0.3 is 19.4 Å². The van der Waals surface area contributed by atoms with Crippen molar-refractivity contribution in [3.05, 3.63) is 59.1 Å². The fourth-order valence-corrected chi connectivity index (χ4v) is 6.93. The molecule has 3 amide bonds. The number of amides is 3. The quantitative estimate of drug-likeness (QED) is 0.465. The van der Waals surface area contributed by atoms with Gasteiger partial charge in [-0.25, -0.2) is 26.8 Å². The zero-order chi connectivity index (χ0) is 30.1. The van der Waals surface area contributed by atoms with Crippen LogP contribution in [0.5, 0.6) is 0 Å². The molecule has 9 nitrogen and oxygen atoms in total. The van der Waals surface area contributed by atoms with Crippen molar-refractivity contribution in [2.24, 2.45) is 0 Å². The molecule has 0 radical (unpaired) electrons. The number of benzene rings is 2. The standard InChI is InChI=1S/C28H35ClF2N4O5S/c1-19-17-33(27(37)40-28(2,3)4)14-15-34(19)26(36)32-13-5-6-22(18-32)35(25-16-21(30)9-12-24(25)31)41(38,39)23-10-7-20(29)8-11-23/h7-12,16,19,22H,5-6,13-15,17-18H2,1-4H3/t19-,22-/m0/s1. The third-order valence-electron chi connectivity index (χ3n) is 7.04. The zero-order valence-corrected chi connectivity index (χ0v) is 25.1. The van der Waals surface area contributed by atoms with Gasteiger partial charge in [0, 0.05) is 49.9 Å². The van der Waals surface area contributed by atoms with E-state index in [-0.39, 0.29) is 43.1 Å². The SMILES string of the molecule is C[C@H]1CN(C(=O)OC(C)(C)C)CCN1C(=O)N1CCC[C@H](N(c2cc(F)ccc2F)S(=O)(=O)c2ccc(Cl)cc2)C1. The second-order valence-electron chi connectivity index (χ2n) is 11.3. The molecule has 0 aliphatic carbocycles. The van der Waals surface area contributed by atoms with Crippen LogP contribution < -0.4 is 4.31 Å². The van der Waals surface area contributed by atoms with Crippen LogP contribution in [0.15, 0.2) is 47.4 Å². The van der Waals surface area contributed by atoms with Crippen molar-refractivity contribution in [3.8, 4) is 0 Å². The van der Waals surface area contributed by atoms with Crippen LogP contribution in [-0.2, 0) is 14.8 Å². The van der Waals surface area contributed by atoms with E-state index in [0.717, 1.165) is 22.5 Å². The van der Waals surface area contributed by atoms with Gasteiger partial charge in [0.2, 0.25) is 0 Å². The highest BCUT2D eigenvalue weighted by molar-refractivity contribution is 7.92. The molecule has 2 heterocycles. The van der Waals surface area contributed by atoms with Crippen LogP contribution in [0.2, 0.25) is 5.02 Å². The number of sulfonamides is 1. The first-order chi connectivity index (χ1) is 19.2. The molecule has 0 unspecified atom stereocenters. The first kappa shape index (κ1) is 30.8. The molecule has 224 valence electrons. The molecule has 0 spiro atoms. The largest absolute Gasteiger partial charge is 0.444 e. The van der Waals surface area contributed by atoms with Crippen molar-refractivity contribution in [2.75, 3.05) is 37.0 Å². The van der Waals surface area contributed by atoms with E-state index >= 15 is 4.39 Å². The molecule has 0 bridgehead atoms. The highest BCUT2D eigenvalue weighted by Crippen LogP contribution is 2.33. The van der Waals surface area contributed by atoms with E-state index in [4.69, 9.17) is 16.3 Å². The third-order valence-corrected chi connectivity index (χ3v) is 9.17. The second kappa shape index (κ2) is 12.0. The minimum Gasteiger partial charge on any atom is -0.444 e. The van der Waals surface area contributed by atoms with E-state index in [9.17, 15) is 22.4 Å². The summed E-state index contributed by atoms with van der Waals surface area (Å²) >= 11 is 5.95. The van der Waals surface area contributed by atoms with E-state index in [1.807, 2.05) is 6.92 Å². The van der Waals surface area contributed by atoms with Crippen molar-refractivity contribution in [3.63, 3.8) is 0 Å². The maximum absolute atomic E-state index is 15.1. The monoisotopic (exact) mass is 612 g/mol. The first-order valence-corrected chi connectivity index (χ1v) is 15.3. The minimum atomic E-state index is -4.37. The zero-order valence-electron chi connectivity index (χ0n) is 23.5. The maximum atomic E-state index is 15.1. The van der Waals surface area contributed by atoms with E-state index in [2.05, 4.69) is 0 Å². The van der Waals surface area contributed by atoms with Crippen molar-refractivity contribution in [1.29, 1.82) is 0 Å². The fourth-order valence-electron chi connectivity index (χ4n) is 5.13. The fraction of sp³-hybridized carbons (Fsp3) is 0.500. The minimum absolute atomic E-state index is 0.0272.